The van der Waals surface area contributed by atoms with Gasteiger partial charge in [0.05, 0.1) is 17.4 Å². The number of benzene rings is 2. The van der Waals surface area contributed by atoms with Crippen LogP contribution in [0.4, 0.5) is 5.69 Å². The molecule has 0 spiro atoms. The van der Waals surface area contributed by atoms with E-state index in [2.05, 4.69) is 0 Å². The molecule has 1 saturated heterocycles. The van der Waals surface area contributed by atoms with Gasteiger partial charge >= 0.3 is 11.7 Å². The van der Waals surface area contributed by atoms with E-state index in [1.807, 2.05) is 30.3 Å². The lowest BCUT2D eigenvalue weighted by Crippen LogP contribution is -2.30. The van der Waals surface area contributed by atoms with Crippen LogP contribution in [0.15, 0.2) is 48.5 Å². The molecule has 1 heterocycles. The quantitative estimate of drug-likeness (QED) is 0.606. The third kappa shape index (κ3) is 3.80. The number of carbonyl (C=O) groups is 2. The monoisotopic (exact) mass is 384 g/mol. The fourth-order valence-corrected chi connectivity index (χ4v) is 3.51. The number of likely N-dealkylation sites (tertiary alicyclic amines) is 1. The molecule has 0 saturated carbocycles. The van der Waals surface area contributed by atoms with Crippen LogP contribution in [0, 0.1) is 16.0 Å². The van der Waals surface area contributed by atoms with Crippen molar-refractivity contribution in [2.24, 2.45) is 5.92 Å². The summed E-state index contributed by atoms with van der Waals surface area (Å²) in [6, 6.07) is 13.2. The Kier molecular flexibility index (Phi) is 5.58. The van der Waals surface area contributed by atoms with Crippen molar-refractivity contribution in [1.29, 1.82) is 0 Å². The van der Waals surface area contributed by atoms with Crippen LogP contribution in [0.25, 0.3) is 0 Å². The Morgan fingerprint density at radius 3 is 2.54 bits per heavy atom. The molecule has 8 nitrogen and oxygen atoms in total. The molecule has 1 N–H and O–H groups in total. The Labute approximate surface area is 161 Å². The molecule has 0 bridgehead atoms. The molecule has 2 aromatic carbocycles. The number of nitro groups is 1. The maximum absolute atomic E-state index is 12.9. The van der Waals surface area contributed by atoms with Crippen molar-refractivity contribution < 1.29 is 24.4 Å². The lowest BCUT2D eigenvalue weighted by atomic mass is 9.89. The van der Waals surface area contributed by atoms with E-state index in [0.717, 1.165) is 5.56 Å². The lowest BCUT2D eigenvalue weighted by molar-refractivity contribution is -0.385. The topological polar surface area (TPSA) is 110 Å². The molecule has 28 heavy (non-hydrogen) atoms. The van der Waals surface area contributed by atoms with Crippen LogP contribution in [0.3, 0.4) is 0 Å². The van der Waals surface area contributed by atoms with E-state index in [1.165, 1.54) is 23.1 Å². The van der Waals surface area contributed by atoms with Gasteiger partial charge in [0.1, 0.15) is 0 Å². The second kappa shape index (κ2) is 8.08. The van der Waals surface area contributed by atoms with Gasteiger partial charge in [0.15, 0.2) is 5.75 Å². The Hall–Kier alpha value is -3.42. The third-order valence-electron chi connectivity index (χ3n) is 4.85. The number of rotatable bonds is 6. The average Bonchev–Trinajstić information content (AvgIpc) is 3.14. The number of hydrogen-bond donors (Lipinski definition) is 1. The summed E-state index contributed by atoms with van der Waals surface area (Å²) in [7, 11) is 0. The highest BCUT2D eigenvalue weighted by molar-refractivity contribution is 5.96. The van der Waals surface area contributed by atoms with Gasteiger partial charge in [0.2, 0.25) is 0 Å². The molecule has 2 aromatic rings. The molecule has 1 aliphatic heterocycles. The minimum Gasteiger partial charge on any atom is -0.487 e. The fraction of sp³-hybridized carbons (Fsp3) is 0.300. The van der Waals surface area contributed by atoms with E-state index in [9.17, 15) is 24.8 Å². The van der Waals surface area contributed by atoms with Gasteiger partial charge in [-0.1, -0.05) is 30.3 Å². The summed E-state index contributed by atoms with van der Waals surface area (Å²) >= 11 is 0. The maximum atomic E-state index is 12.9. The van der Waals surface area contributed by atoms with Gasteiger partial charge in [-0.3, -0.25) is 19.7 Å². The van der Waals surface area contributed by atoms with E-state index in [4.69, 9.17) is 4.74 Å². The standard InChI is InChI=1S/C20H20N2O6/c1-2-28-18-9-8-14(10-17(18)22(26)27)19(23)21-11-15(16(12-21)20(24)25)13-6-4-3-5-7-13/h3-10,15-16H,2,11-12H2,1H3,(H,24,25). The van der Waals surface area contributed by atoms with Gasteiger partial charge < -0.3 is 14.7 Å². The van der Waals surface area contributed by atoms with Crippen LogP contribution in [-0.4, -0.2) is 46.5 Å². The molecule has 3 rings (SSSR count). The first-order valence-corrected chi connectivity index (χ1v) is 8.90. The molecule has 8 heteroatoms. The van der Waals surface area contributed by atoms with Crippen molar-refractivity contribution in [2.45, 2.75) is 12.8 Å². The van der Waals surface area contributed by atoms with Crippen LogP contribution >= 0.6 is 0 Å². The van der Waals surface area contributed by atoms with Crippen molar-refractivity contribution in [1.82, 2.24) is 4.90 Å². The van der Waals surface area contributed by atoms with Crippen LogP contribution in [0.1, 0.15) is 28.8 Å². The summed E-state index contributed by atoms with van der Waals surface area (Å²) in [5.74, 6) is -2.38. The zero-order valence-corrected chi connectivity index (χ0v) is 15.3. The Bertz CT molecular complexity index is 899. The highest BCUT2D eigenvalue weighted by atomic mass is 16.6. The highest BCUT2D eigenvalue weighted by Gasteiger charge is 2.40. The summed E-state index contributed by atoms with van der Waals surface area (Å²) < 4.78 is 5.24. The van der Waals surface area contributed by atoms with E-state index in [1.54, 1.807) is 6.92 Å². The molecule has 1 amide bonds. The summed E-state index contributed by atoms with van der Waals surface area (Å²) in [6.45, 7) is 2.26. The molecule has 2 unspecified atom stereocenters. The molecule has 0 radical (unpaired) electrons. The number of amides is 1. The third-order valence-corrected chi connectivity index (χ3v) is 4.85. The van der Waals surface area contributed by atoms with Crippen LogP contribution in [0.5, 0.6) is 5.75 Å². The Morgan fingerprint density at radius 2 is 1.93 bits per heavy atom. The largest absolute Gasteiger partial charge is 0.487 e. The number of nitrogens with zero attached hydrogens (tertiary/aromatic N) is 2. The van der Waals surface area contributed by atoms with Gasteiger partial charge in [-0.2, -0.15) is 0 Å². The van der Waals surface area contributed by atoms with Gasteiger partial charge in [-0.15, -0.1) is 0 Å². The number of ether oxygens (including phenoxy) is 1. The minimum atomic E-state index is -0.971. The number of aliphatic carboxylic acids is 1. The normalized spacial score (nSPS) is 18.7. The second-order valence-corrected chi connectivity index (χ2v) is 6.54. The maximum Gasteiger partial charge on any atom is 0.311 e. The van der Waals surface area contributed by atoms with Gasteiger partial charge in [-0.05, 0) is 24.6 Å². The molecule has 1 aliphatic rings. The van der Waals surface area contributed by atoms with Crippen LogP contribution in [-0.2, 0) is 4.79 Å². The number of hydrogen-bond acceptors (Lipinski definition) is 5. The number of carbonyl (C=O) groups excluding carboxylic acids is 1. The number of carboxylic acids is 1. The van der Waals surface area contributed by atoms with Crippen molar-refractivity contribution in [2.75, 3.05) is 19.7 Å². The summed E-state index contributed by atoms with van der Waals surface area (Å²) in [4.78, 5) is 36.7. The first kappa shape index (κ1) is 19.3. The highest BCUT2D eigenvalue weighted by Crippen LogP contribution is 2.35. The Balaban J connectivity index is 1.87. The molecule has 146 valence electrons. The van der Waals surface area contributed by atoms with Crippen LogP contribution in [0.2, 0.25) is 0 Å². The van der Waals surface area contributed by atoms with E-state index in [-0.39, 0.29) is 42.6 Å². The number of carboxylic acid groups (broad SMARTS) is 1. The SMILES string of the molecule is CCOc1ccc(C(=O)N2CC(C(=O)O)C(c3ccccc3)C2)cc1[N+](=O)[O-]. The zero-order chi connectivity index (χ0) is 20.3. The summed E-state index contributed by atoms with van der Waals surface area (Å²) in [6.07, 6.45) is 0. The zero-order valence-electron chi connectivity index (χ0n) is 15.3. The average molecular weight is 384 g/mol. The predicted octanol–water partition coefficient (Wildman–Crippen LogP) is 2.93. The van der Waals surface area contributed by atoms with Gasteiger partial charge in [0, 0.05) is 30.6 Å². The van der Waals surface area contributed by atoms with Crippen molar-refractivity contribution in [3.8, 4) is 5.75 Å². The van der Waals surface area contributed by atoms with Crippen molar-refractivity contribution >= 4 is 17.6 Å². The predicted molar refractivity (Wildman–Crippen MR) is 100 cm³/mol. The fourth-order valence-electron chi connectivity index (χ4n) is 3.51. The minimum absolute atomic E-state index is 0.0503. The Morgan fingerprint density at radius 1 is 1.21 bits per heavy atom. The van der Waals surface area contributed by atoms with E-state index in [0.29, 0.717) is 0 Å². The first-order valence-electron chi connectivity index (χ1n) is 8.90. The smallest absolute Gasteiger partial charge is 0.311 e. The lowest BCUT2D eigenvalue weighted by Gasteiger charge is -2.17. The van der Waals surface area contributed by atoms with Gasteiger partial charge in [-0.25, -0.2) is 0 Å². The molecule has 1 fully saturated rings. The van der Waals surface area contributed by atoms with E-state index >= 15 is 0 Å². The van der Waals surface area contributed by atoms with Crippen LogP contribution < -0.4 is 4.74 Å². The second-order valence-electron chi connectivity index (χ2n) is 6.54. The molecular weight excluding hydrogens is 364 g/mol. The molecule has 0 aromatic heterocycles. The van der Waals surface area contributed by atoms with Crippen molar-refractivity contribution in [3.05, 3.63) is 69.8 Å². The van der Waals surface area contributed by atoms with Crippen molar-refractivity contribution in [3.63, 3.8) is 0 Å². The molecule has 2 atom stereocenters. The molecular formula is C20H20N2O6. The number of nitro benzene ring substituents is 1. The molecule has 0 aliphatic carbocycles. The van der Waals surface area contributed by atoms with E-state index < -0.39 is 22.7 Å². The van der Waals surface area contributed by atoms with Gasteiger partial charge in [0.25, 0.3) is 5.91 Å². The first-order chi connectivity index (χ1) is 13.4. The summed E-state index contributed by atoms with van der Waals surface area (Å²) in [5, 5.41) is 20.9. The summed E-state index contributed by atoms with van der Waals surface area (Å²) in [5.41, 5.74) is 0.692.